The molecule has 5 rings (SSSR count). The first kappa shape index (κ1) is 23.0. The van der Waals surface area contributed by atoms with Crippen LogP contribution in [0.3, 0.4) is 0 Å². The Balaban J connectivity index is 1.46. The van der Waals surface area contributed by atoms with Crippen molar-refractivity contribution in [2.75, 3.05) is 19.0 Å². The molecule has 5 aromatic rings. The van der Waals surface area contributed by atoms with Crippen molar-refractivity contribution in [2.24, 2.45) is 0 Å². The van der Waals surface area contributed by atoms with Crippen molar-refractivity contribution in [3.05, 3.63) is 96.2 Å². The summed E-state index contributed by atoms with van der Waals surface area (Å²) >= 11 is 0. The van der Waals surface area contributed by atoms with Crippen LogP contribution in [0, 0.1) is 0 Å². The van der Waals surface area contributed by atoms with Crippen molar-refractivity contribution in [1.29, 1.82) is 0 Å². The van der Waals surface area contributed by atoms with Gasteiger partial charge in [-0.3, -0.25) is 0 Å². The molecule has 2 aromatic heterocycles. The highest BCUT2D eigenvalue weighted by Crippen LogP contribution is 2.24. The van der Waals surface area contributed by atoms with E-state index in [1.807, 2.05) is 42.5 Å². The molecule has 0 radical (unpaired) electrons. The number of rotatable bonds is 8. The van der Waals surface area contributed by atoms with Gasteiger partial charge in [-0.15, -0.1) is 5.10 Å². The van der Waals surface area contributed by atoms with Crippen molar-refractivity contribution >= 4 is 17.6 Å². The number of anilines is 1. The van der Waals surface area contributed by atoms with Gasteiger partial charge in [0, 0.05) is 18.3 Å². The second kappa shape index (κ2) is 10.3. The lowest BCUT2D eigenvalue weighted by atomic mass is 10.0. The molecule has 8 nitrogen and oxygen atoms in total. The first-order valence-corrected chi connectivity index (χ1v) is 11.6. The lowest BCUT2D eigenvalue weighted by Crippen LogP contribution is -2.12. The minimum Gasteiger partial charge on any atom is -0.497 e. The molecular weight excluding hydrogens is 454 g/mol. The molecule has 1 N–H and O–H groups in total. The van der Waals surface area contributed by atoms with Crippen LogP contribution in [0.25, 0.3) is 28.2 Å². The van der Waals surface area contributed by atoms with Gasteiger partial charge in [-0.1, -0.05) is 66.7 Å². The van der Waals surface area contributed by atoms with Crippen LogP contribution in [0.2, 0.25) is 0 Å². The average Bonchev–Trinajstić information content (AvgIpc) is 3.38. The first-order chi connectivity index (χ1) is 17.7. The van der Waals surface area contributed by atoms with E-state index < -0.39 is 5.97 Å². The summed E-state index contributed by atoms with van der Waals surface area (Å²) in [5.74, 6) is 1.10. The number of nitrogens with zero attached hydrogens (tertiary/aromatic N) is 4. The van der Waals surface area contributed by atoms with Gasteiger partial charge in [-0.25, -0.2) is 14.8 Å². The molecule has 8 heteroatoms. The Labute approximate surface area is 208 Å². The summed E-state index contributed by atoms with van der Waals surface area (Å²) in [4.78, 5) is 21.7. The zero-order valence-electron chi connectivity index (χ0n) is 20.0. The molecule has 0 aliphatic carbocycles. The van der Waals surface area contributed by atoms with E-state index in [0.29, 0.717) is 29.7 Å². The van der Waals surface area contributed by atoms with Gasteiger partial charge in [0.15, 0.2) is 11.5 Å². The fourth-order valence-corrected chi connectivity index (χ4v) is 3.86. The fourth-order valence-electron chi connectivity index (χ4n) is 3.86. The molecule has 0 unspecified atom stereocenters. The third-order valence-corrected chi connectivity index (χ3v) is 5.70. The van der Waals surface area contributed by atoms with Crippen LogP contribution in [-0.4, -0.2) is 39.3 Å². The molecular formula is C28H25N5O3. The summed E-state index contributed by atoms with van der Waals surface area (Å²) < 4.78 is 12.1. The highest BCUT2D eigenvalue weighted by Gasteiger charge is 2.20. The maximum Gasteiger partial charge on any atom is 0.343 e. The van der Waals surface area contributed by atoms with Crippen molar-refractivity contribution in [3.63, 3.8) is 0 Å². The molecule has 0 atom stereocenters. The molecule has 0 saturated heterocycles. The third kappa shape index (κ3) is 4.74. The SMILES string of the molecule is CCOC(=O)c1cnc(NCc2ccc(-c3ccccc3)cc2)n2nc(-c3cccc(OC)c3)nc12. The number of fused-ring (bicyclic) bond motifs is 1. The standard InChI is InChI=1S/C28H25N5O3/c1-3-36-27(34)24-18-30-28(29-17-19-12-14-21(15-13-19)20-8-5-4-6-9-20)33-26(24)31-25(32-33)22-10-7-11-23(16-22)35-2/h4-16,18H,3,17H2,1-2H3,(H,29,30). The lowest BCUT2D eigenvalue weighted by molar-refractivity contribution is 0.0527. The van der Waals surface area contributed by atoms with Crippen LogP contribution >= 0.6 is 0 Å². The number of carbonyl (C=O) groups excluding carboxylic acids is 1. The number of esters is 1. The van der Waals surface area contributed by atoms with E-state index >= 15 is 0 Å². The molecule has 3 aromatic carbocycles. The lowest BCUT2D eigenvalue weighted by Gasteiger charge is -2.09. The van der Waals surface area contributed by atoms with Gasteiger partial charge in [0.1, 0.15) is 11.3 Å². The molecule has 0 spiro atoms. The van der Waals surface area contributed by atoms with Gasteiger partial charge in [0.05, 0.1) is 13.7 Å². The minimum absolute atomic E-state index is 0.247. The van der Waals surface area contributed by atoms with E-state index in [-0.39, 0.29) is 12.2 Å². The zero-order chi connectivity index (χ0) is 24.9. The van der Waals surface area contributed by atoms with Crippen LogP contribution in [-0.2, 0) is 11.3 Å². The molecule has 0 aliphatic heterocycles. The van der Waals surface area contributed by atoms with E-state index in [9.17, 15) is 4.79 Å². The van der Waals surface area contributed by atoms with Gasteiger partial charge in [0.2, 0.25) is 5.95 Å². The Morgan fingerprint density at radius 3 is 2.44 bits per heavy atom. The molecule has 0 aliphatic rings. The van der Waals surface area contributed by atoms with E-state index in [1.54, 1.807) is 18.5 Å². The normalized spacial score (nSPS) is 10.8. The Morgan fingerprint density at radius 1 is 0.944 bits per heavy atom. The predicted octanol–water partition coefficient (Wildman–Crippen LogP) is 5.26. The maximum atomic E-state index is 12.6. The number of carbonyl (C=O) groups is 1. The monoisotopic (exact) mass is 479 g/mol. The topological polar surface area (TPSA) is 90.6 Å². The second-order valence-corrected chi connectivity index (χ2v) is 8.04. The van der Waals surface area contributed by atoms with Gasteiger partial charge >= 0.3 is 5.97 Å². The second-order valence-electron chi connectivity index (χ2n) is 8.04. The average molecular weight is 480 g/mol. The van der Waals surface area contributed by atoms with Crippen molar-refractivity contribution in [3.8, 4) is 28.3 Å². The maximum absolute atomic E-state index is 12.6. The third-order valence-electron chi connectivity index (χ3n) is 5.70. The molecule has 0 saturated carbocycles. The van der Waals surface area contributed by atoms with Crippen molar-refractivity contribution < 1.29 is 14.3 Å². The summed E-state index contributed by atoms with van der Waals surface area (Å²) in [5.41, 5.74) is 4.77. The number of benzene rings is 3. The van der Waals surface area contributed by atoms with Gasteiger partial charge in [-0.2, -0.15) is 4.52 Å². The number of hydrogen-bond acceptors (Lipinski definition) is 7. The fraction of sp³-hybridized carbons (Fsp3) is 0.143. The quantitative estimate of drug-likeness (QED) is 0.304. The molecule has 0 fully saturated rings. The summed E-state index contributed by atoms with van der Waals surface area (Å²) in [6, 6.07) is 26.0. The first-order valence-electron chi connectivity index (χ1n) is 11.6. The molecule has 36 heavy (non-hydrogen) atoms. The largest absolute Gasteiger partial charge is 0.497 e. The predicted molar refractivity (Wildman–Crippen MR) is 138 cm³/mol. The number of ether oxygens (including phenoxy) is 2. The van der Waals surface area contributed by atoms with E-state index in [2.05, 4.69) is 56.8 Å². The van der Waals surface area contributed by atoms with Crippen LogP contribution in [0.5, 0.6) is 5.75 Å². The molecule has 180 valence electrons. The molecule has 2 heterocycles. The number of nitrogens with one attached hydrogen (secondary N) is 1. The zero-order valence-corrected chi connectivity index (χ0v) is 20.0. The van der Waals surface area contributed by atoms with Crippen LogP contribution in [0.15, 0.2) is 85.1 Å². The smallest absolute Gasteiger partial charge is 0.343 e. The van der Waals surface area contributed by atoms with Crippen molar-refractivity contribution in [1.82, 2.24) is 19.6 Å². The van der Waals surface area contributed by atoms with Crippen LogP contribution in [0.1, 0.15) is 22.8 Å². The van der Waals surface area contributed by atoms with Crippen LogP contribution < -0.4 is 10.1 Å². The molecule has 0 bridgehead atoms. The highest BCUT2D eigenvalue weighted by atomic mass is 16.5. The van der Waals surface area contributed by atoms with E-state index in [1.165, 1.54) is 11.8 Å². The number of hydrogen-bond donors (Lipinski definition) is 1. The number of aromatic nitrogens is 4. The Kier molecular flexibility index (Phi) is 6.57. The molecule has 0 amide bonds. The summed E-state index contributed by atoms with van der Waals surface area (Å²) in [7, 11) is 1.60. The highest BCUT2D eigenvalue weighted by molar-refractivity contribution is 5.96. The van der Waals surface area contributed by atoms with Gasteiger partial charge in [-0.05, 0) is 35.7 Å². The Morgan fingerprint density at radius 2 is 1.69 bits per heavy atom. The van der Waals surface area contributed by atoms with E-state index in [4.69, 9.17) is 9.47 Å². The minimum atomic E-state index is -0.498. The van der Waals surface area contributed by atoms with Gasteiger partial charge in [0.25, 0.3) is 0 Å². The number of methoxy groups -OCH3 is 1. The van der Waals surface area contributed by atoms with Gasteiger partial charge < -0.3 is 14.8 Å². The summed E-state index contributed by atoms with van der Waals surface area (Å²) in [6.07, 6.45) is 1.47. The summed E-state index contributed by atoms with van der Waals surface area (Å²) in [6.45, 7) is 2.53. The summed E-state index contributed by atoms with van der Waals surface area (Å²) in [5, 5.41) is 7.97. The Bertz CT molecular complexity index is 1500. The van der Waals surface area contributed by atoms with Crippen molar-refractivity contribution in [2.45, 2.75) is 13.5 Å². The Hall–Kier alpha value is -4.72. The van der Waals surface area contributed by atoms with E-state index in [0.717, 1.165) is 16.7 Å². The van der Waals surface area contributed by atoms with Crippen LogP contribution in [0.4, 0.5) is 5.95 Å².